The van der Waals surface area contributed by atoms with Gasteiger partial charge < -0.3 is 4.57 Å². The second-order valence-corrected chi connectivity index (χ2v) is 38.6. The van der Waals surface area contributed by atoms with Crippen LogP contribution in [0.2, 0.25) is 0 Å². The van der Waals surface area contributed by atoms with Gasteiger partial charge in [0.2, 0.25) is 0 Å². The lowest BCUT2D eigenvalue weighted by Crippen LogP contribution is -2.38. The van der Waals surface area contributed by atoms with Crippen LogP contribution >= 0.6 is 11.3 Å². The fraction of sp³-hybridized carbons (Fsp3) is 0.0233. The first-order chi connectivity index (χ1) is 73.2. The Labute approximate surface area is 854 Å². The summed E-state index contributed by atoms with van der Waals surface area (Å²) in [5, 5.41) is 7.74. The highest BCUT2D eigenvalue weighted by molar-refractivity contribution is 7.25. The van der Waals surface area contributed by atoms with E-state index in [4.69, 9.17) is 19.9 Å². The van der Waals surface area contributed by atoms with E-state index in [2.05, 4.69) is 143 Å². The molecule has 0 N–H and O–H groups in total. The summed E-state index contributed by atoms with van der Waals surface area (Å²) < 4.78 is 19.0. The number of aromatic nitrogens is 13. The average molecular weight is 1950 g/mol. The van der Waals surface area contributed by atoms with Gasteiger partial charge in [0.25, 0.3) is 34.9 Å². The van der Waals surface area contributed by atoms with Crippen LogP contribution in [0, 0.1) is 0 Å². The highest BCUT2D eigenvalue weighted by atomic mass is 32.1. The Hall–Kier alpha value is -20.0. The first-order valence-corrected chi connectivity index (χ1v) is 49.9. The van der Waals surface area contributed by atoms with Crippen molar-refractivity contribution in [3.05, 3.63) is 553 Å². The second kappa shape index (κ2) is 36.5. The van der Waals surface area contributed by atoms with Crippen molar-refractivity contribution in [2.45, 2.75) is 19.3 Å². The first-order valence-electron chi connectivity index (χ1n) is 49.1. The maximum atomic E-state index is 14.1. The van der Waals surface area contributed by atoms with E-state index in [1.807, 2.05) is 365 Å². The second-order valence-electron chi connectivity index (χ2n) is 37.5. The van der Waals surface area contributed by atoms with Crippen LogP contribution in [0.15, 0.2) is 509 Å². The van der Waals surface area contributed by atoms with E-state index in [0.29, 0.717) is 77.7 Å². The number of hydrogen-bond donors (Lipinski definition) is 0. The molecule has 706 valence electrons. The van der Waals surface area contributed by atoms with E-state index in [-0.39, 0.29) is 38.8 Å². The molecule has 0 saturated heterocycles. The van der Waals surface area contributed by atoms with Gasteiger partial charge in [-0.3, -0.25) is 37.4 Å². The van der Waals surface area contributed by atoms with E-state index in [0.717, 1.165) is 149 Å². The Morgan fingerprint density at radius 1 is 0.221 bits per heavy atom. The Kier molecular flexibility index (Phi) is 21.8. The predicted octanol–water partition coefficient (Wildman–Crippen LogP) is 25.5. The van der Waals surface area contributed by atoms with Crippen molar-refractivity contribution in [3.63, 3.8) is 0 Å². The van der Waals surface area contributed by atoms with Crippen LogP contribution in [0.4, 0.5) is 0 Å². The highest BCUT2D eigenvalue weighted by Gasteiger charge is 2.38. The largest absolute Gasteiger partial charge is 0.350 e. The number of thiophene rings is 1. The molecule has 8 heterocycles. The Bertz CT molecular complexity index is 10400. The third kappa shape index (κ3) is 15.3. The molecule has 1 aliphatic carbocycles. The van der Waals surface area contributed by atoms with Gasteiger partial charge in [-0.2, -0.15) is 18.3 Å². The van der Waals surface area contributed by atoms with Crippen LogP contribution in [0.25, 0.3) is 215 Å². The SMILES string of the molecule is CC1(C)c2cc(-c3nc4ccccc4c(=O)n3-c3ccccc3)ccc2-c2ccc(-c3nc4ccccc4c(=O)n3-c3ccccc3)cc21.O=c1c2ccccc2[n+](-c2ccc3c(c2)c2cc(-c4nc5ccccc5c(=O)n4-c4ccccc4)ccc2n3-c2ccccc2)cn1-c1ccccc1.O=c1c2ccccc2[n+](-c2ccc3sc4ccc(-c5nc6ccccc6c(=O)n5-c5ccccc5)cc4c3c2)cn1-c1ccccc1. The van der Waals surface area contributed by atoms with Gasteiger partial charge in [0.15, 0.2) is 0 Å². The van der Waals surface area contributed by atoms with Gasteiger partial charge in [0, 0.05) is 64.3 Å². The van der Waals surface area contributed by atoms with Crippen LogP contribution in [0.5, 0.6) is 0 Å². The Balaban J connectivity index is 0.000000113. The zero-order valence-electron chi connectivity index (χ0n) is 80.3. The van der Waals surface area contributed by atoms with Crippen LogP contribution in [-0.2, 0) is 5.41 Å². The molecule has 0 atom stereocenters. The smallest absolute Gasteiger partial charge is 0.309 e. The molecule has 0 aliphatic heterocycles. The maximum Gasteiger partial charge on any atom is 0.350 e. The van der Waals surface area contributed by atoms with E-state index in [9.17, 15) is 28.8 Å². The van der Waals surface area contributed by atoms with Crippen molar-refractivity contribution >= 4 is 119 Å². The molecule has 20 heteroatoms. The molecule has 0 unspecified atom stereocenters. The number of hydrogen-bond acceptors (Lipinski definition) is 11. The minimum Gasteiger partial charge on any atom is -0.309 e. The standard InChI is InChI=1S/C46H30N5O2.C43H30N4O2.C40H25N4O2S/c52-45-37-21-11-13-23-41(37)48(30-49(45)32-14-4-1-5-15-32)35-25-27-43-39(29-35)38-28-31(24-26-42(38)50(43)33-16-6-2-7-17-33)44-47-40-22-12-10-20-36(40)46(53)51(44)34-18-8-3-9-19-34;1-43(2)35-25-27(39-44-37-19-11-9-17-33(37)41(48)46(39)29-13-5-3-6-14-29)21-23-31(35)32-24-22-28(26-36(32)43)40-45-38-20-12-10-18-34(38)42(49)47(40)30-15-7-4-8-16-30;45-39-31-16-8-10-18-35(31)42(25-43(39)27-11-3-1-4-12-27)29-20-22-37-33(24-29)32-23-26(19-21-36(32)47-37)38-41-34-17-9-7-15-30(34)40(46)44(38)28-13-5-2-6-14-28/h1-30H;3-26H,1-2H3;1-25H/q+1;;+1. The van der Waals surface area contributed by atoms with Crippen LogP contribution in [0.3, 0.4) is 0 Å². The van der Waals surface area contributed by atoms with Gasteiger partial charge >= 0.3 is 11.1 Å². The zero-order valence-corrected chi connectivity index (χ0v) is 81.1. The van der Waals surface area contributed by atoms with E-state index >= 15 is 0 Å². The summed E-state index contributed by atoms with van der Waals surface area (Å²) in [5.74, 6) is 2.34. The number of benzene rings is 19. The van der Waals surface area contributed by atoms with E-state index in [1.165, 1.54) is 0 Å². The molecule has 0 spiro atoms. The van der Waals surface area contributed by atoms with Crippen LogP contribution in [-0.4, -0.2) is 51.9 Å². The number of nitrogens with zero attached hydrogens (tertiary/aromatic N) is 13. The molecule has 27 aromatic rings. The summed E-state index contributed by atoms with van der Waals surface area (Å²) >= 11 is 1.73. The third-order valence-electron chi connectivity index (χ3n) is 28.4. The summed E-state index contributed by atoms with van der Waals surface area (Å²) in [6, 6.07) is 152. The van der Waals surface area contributed by atoms with Gasteiger partial charge in [0.05, 0.1) is 77.4 Å². The molecule has 149 heavy (non-hydrogen) atoms. The summed E-state index contributed by atoms with van der Waals surface area (Å²) in [5.41, 5.74) is 20.8. The average Bonchev–Trinajstić information content (AvgIpc) is 1.57. The van der Waals surface area contributed by atoms with Gasteiger partial charge in [0.1, 0.15) is 67.9 Å². The van der Waals surface area contributed by atoms with Crippen molar-refractivity contribution in [2.75, 3.05) is 0 Å². The quantitative estimate of drug-likeness (QED) is 0.100. The molecule has 19 nitrogen and oxygen atoms in total. The summed E-state index contributed by atoms with van der Waals surface area (Å²) in [6.07, 6.45) is 3.75. The number of para-hydroxylation sites is 13. The lowest BCUT2D eigenvalue weighted by Gasteiger charge is -2.23. The van der Waals surface area contributed by atoms with Crippen molar-refractivity contribution in [2.24, 2.45) is 0 Å². The third-order valence-corrected chi connectivity index (χ3v) is 29.5. The van der Waals surface area contributed by atoms with Gasteiger partial charge in [-0.25, -0.2) is 29.5 Å². The number of rotatable bonds is 13. The molecule has 1 aliphatic rings. The summed E-state index contributed by atoms with van der Waals surface area (Å²) in [7, 11) is 0. The normalized spacial score (nSPS) is 12.0. The van der Waals surface area contributed by atoms with Crippen molar-refractivity contribution < 1.29 is 9.13 Å². The lowest BCUT2D eigenvalue weighted by molar-refractivity contribution is -0.572. The monoisotopic (exact) mass is 1940 g/mol. The Morgan fingerprint density at radius 3 is 0.852 bits per heavy atom. The van der Waals surface area contributed by atoms with Crippen molar-refractivity contribution in [1.29, 1.82) is 0 Å². The van der Waals surface area contributed by atoms with E-state index in [1.54, 1.807) is 38.7 Å². The molecule has 0 amide bonds. The molecule has 8 aromatic heterocycles. The molecule has 28 rings (SSSR count). The molecular weight excluding hydrogens is 1860 g/mol. The number of fused-ring (bicyclic) bond motifs is 15. The fourth-order valence-electron chi connectivity index (χ4n) is 21.2. The predicted molar refractivity (Wildman–Crippen MR) is 599 cm³/mol. The minimum absolute atomic E-state index is 0.0675. The molecule has 0 radical (unpaired) electrons. The van der Waals surface area contributed by atoms with Crippen LogP contribution < -0.4 is 42.5 Å². The first kappa shape index (κ1) is 89.2. The fourth-order valence-corrected chi connectivity index (χ4v) is 22.3. The minimum atomic E-state index is -0.389. The highest BCUT2D eigenvalue weighted by Crippen LogP contribution is 2.51. The Morgan fingerprint density at radius 2 is 0.483 bits per heavy atom. The maximum absolute atomic E-state index is 14.1. The molecule has 0 fully saturated rings. The van der Waals surface area contributed by atoms with E-state index < -0.39 is 0 Å². The summed E-state index contributed by atoms with van der Waals surface area (Å²) in [4.78, 5) is 104. The molecule has 19 aromatic carbocycles. The van der Waals surface area contributed by atoms with Gasteiger partial charge in [-0.15, -0.1) is 11.3 Å². The molecule has 0 bridgehead atoms. The molecular formula is C129H85N13O6S+2. The van der Waals surface area contributed by atoms with Crippen molar-refractivity contribution in [1.82, 2.24) is 51.9 Å². The van der Waals surface area contributed by atoms with Gasteiger partial charge in [-0.1, -0.05) is 238 Å². The zero-order chi connectivity index (χ0) is 100. The lowest BCUT2D eigenvalue weighted by atomic mass is 9.81. The van der Waals surface area contributed by atoms with Gasteiger partial charge in [-0.05, 0) is 265 Å². The topological polar surface area (TPSA) is 196 Å². The summed E-state index contributed by atoms with van der Waals surface area (Å²) in [6.45, 7) is 4.45. The van der Waals surface area contributed by atoms with Crippen molar-refractivity contribution in [3.8, 4) is 108 Å². The molecule has 0 saturated carbocycles. The van der Waals surface area contributed by atoms with Crippen LogP contribution in [0.1, 0.15) is 25.0 Å².